The van der Waals surface area contributed by atoms with Gasteiger partial charge in [0.25, 0.3) is 0 Å². The molecule has 0 aliphatic heterocycles. The molecule has 1 rings (SSSR count). The molecule has 1 aliphatic carbocycles. The van der Waals surface area contributed by atoms with Gasteiger partial charge < -0.3 is 0 Å². The van der Waals surface area contributed by atoms with Gasteiger partial charge >= 0.3 is 0 Å². The molecule has 0 radical (unpaired) electrons. The van der Waals surface area contributed by atoms with Crippen molar-refractivity contribution < 1.29 is 0 Å². The van der Waals surface area contributed by atoms with Crippen LogP contribution in [-0.2, 0) is 0 Å². The maximum absolute atomic E-state index is 8.38. The number of nitrogens with zero attached hydrogens (tertiary/aromatic N) is 3. The van der Waals surface area contributed by atoms with Crippen molar-refractivity contribution in [3.63, 3.8) is 0 Å². The average molecular weight is 165 g/mol. The van der Waals surface area contributed by atoms with Crippen LogP contribution in [0.4, 0.5) is 0 Å². The van der Waals surface area contributed by atoms with E-state index >= 15 is 0 Å². The van der Waals surface area contributed by atoms with Gasteiger partial charge in [0.2, 0.25) is 0 Å². The van der Waals surface area contributed by atoms with E-state index in [0.29, 0.717) is 5.92 Å². The van der Waals surface area contributed by atoms with Crippen LogP contribution >= 0.6 is 0 Å². The van der Waals surface area contributed by atoms with Gasteiger partial charge in [-0.2, -0.15) is 0 Å². The van der Waals surface area contributed by atoms with Crippen LogP contribution in [0.5, 0.6) is 0 Å². The number of hydrogen-bond donors (Lipinski definition) is 0. The molecule has 0 aromatic rings. The van der Waals surface area contributed by atoms with Crippen LogP contribution in [0.15, 0.2) is 17.3 Å². The molecule has 0 bridgehead atoms. The molecule has 0 N–H and O–H groups in total. The monoisotopic (exact) mass is 165 g/mol. The molecule has 1 saturated carbocycles. The molecule has 3 nitrogen and oxygen atoms in total. The Bertz CT molecular complexity index is 228. The van der Waals surface area contributed by atoms with Gasteiger partial charge in [-0.05, 0) is 24.3 Å². The quantitative estimate of drug-likeness (QED) is 0.265. The second kappa shape index (κ2) is 3.63. The first kappa shape index (κ1) is 9.14. The fraction of sp³-hybridized carbons (Fsp3) is 0.778. The van der Waals surface area contributed by atoms with Gasteiger partial charge in [-0.25, -0.2) is 0 Å². The van der Waals surface area contributed by atoms with E-state index in [1.807, 2.05) is 0 Å². The van der Waals surface area contributed by atoms with Crippen LogP contribution in [0.2, 0.25) is 0 Å². The Hall–Kier alpha value is -0.950. The Morgan fingerprint density at radius 3 is 2.83 bits per heavy atom. The predicted molar refractivity (Wildman–Crippen MR) is 49.7 cm³/mol. The minimum absolute atomic E-state index is 0.153. The van der Waals surface area contributed by atoms with E-state index in [1.54, 1.807) is 0 Å². The van der Waals surface area contributed by atoms with Crippen LogP contribution in [0.25, 0.3) is 10.4 Å². The third-order valence-corrected chi connectivity index (χ3v) is 2.49. The summed E-state index contributed by atoms with van der Waals surface area (Å²) >= 11 is 0. The summed E-state index contributed by atoms with van der Waals surface area (Å²) < 4.78 is 0. The highest BCUT2D eigenvalue weighted by Crippen LogP contribution is 2.50. The predicted octanol–water partition coefficient (Wildman–Crippen LogP) is 3.43. The van der Waals surface area contributed by atoms with Crippen molar-refractivity contribution >= 4 is 0 Å². The van der Waals surface area contributed by atoms with Crippen molar-refractivity contribution in [1.29, 1.82) is 0 Å². The fourth-order valence-corrected chi connectivity index (χ4v) is 1.60. The number of hydrogen-bond acceptors (Lipinski definition) is 1. The molecule has 0 heterocycles. The fourth-order valence-electron chi connectivity index (χ4n) is 1.60. The van der Waals surface area contributed by atoms with Gasteiger partial charge in [-0.1, -0.05) is 37.5 Å². The molecule has 2 atom stereocenters. The average Bonchev–Trinajstić information content (AvgIpc) is 2.77. The normalized spacial score (nSPS) is 33.3. The van der Waals surface area contributed by atoms with Crippen LogP contribution in [0.1, 0.15) is 33.1 Å². The zero-order valence-corrected chi connectivity index (χ0v) is 7.70. The Labute approximate surface area is 73.1 Å². The van der Waals surface area contributed by atoms with Crippen LogP contribution in [-0.4, -0.2) is 5.54 Å². The number of allylic oxidation sites excluding steroid dienone is 1. The van der Waals surface area contributed by atoms with E-state index < -0.39 is 0 Å². The lowest BCUT2D eigenvalue weighted by molar-refractivity contribution is 0.677. The Balaban J connectivity index is 2.64. The van der Waals surface area contributed by atoms with Crippen molar-refractivity contribution in [1.82, 2.24) is 0 Å². The number of rotatable bonds is 4. The summed E-state index contributed by atoms with van der Waals surface area (Å²) in [7, 11) is 0. The van der Waals surface area contributed by atoms with Gasteiger partial charge in [0.15, 0.2) is 0 Å². The molecular weight excluding hydrogens is 150 g/mol. The van der Waals surface area contributed by atoms with Crippen molar-refractivity contribution in [2.24, 2.45) is 11.0 Å². The molecule has 0 amide bonds. The third kappa shape index (κ3) is 1.62. The summed E-state index contributed by atoms with van der Waals surface area (Å²) in [5.74, 6) is 0.580. The van der Waals surface area contributed by atoms with Crippen LogP contribution in [0.3, 0.4) is 0 Å². The van der Waals surface area contributed by atoms with Gasteiger partial charge in [-0.3, -0.25) is 0 Å². The summed E-state index contributed by atoms with van der Waals surface area (Å²) in [5.41, 5.74) is 8.23. The summed E-state index contributed by atoms with van der Waals surface area (Å²) in [4.78, 5) is 2.89. The van der Waals surface area contributed by atoms with Crippen LogP contribution in [0, 0.1) is 5.92 Å². The second-order valence-electron chi connectivity index (χ2n) is 3.30. The molecule has 0 saturated heterocycles. The lowest BCUT2D eigenvalue weighted by atomic mass is 10.1. The molecule has 12 heavy (non-hydrogen) atoms. The topological polar surface area (TPSA) is 48.8 Å². The largest absolute Gasteiger partial charge is 0.0881 e. The van der Waals surface area contributed by atoms with Crippen LogP contribution < -0.4 is 0 Å². The summed E-state index contributed by atoms with van der Waals surface area (Å²) in [6.45, 7) is 4.22. The highest BCUT2D eigenvalue weighted by Gasteiger charge is 2.50. The molecule has 66 valence electrons. The summed E-state index contributed by atoms with van der Waals surface area (Å²) in [6, 6.07) is 0. The van der Waals surface area contributed by atoms with E-state index in [2.05, 4.69) is 36.0 Å². The van der Waals surface area contributed by atoms with E-state index in [9.17, 15) is 0 Å². The van der Waals surface area contributed by atoms with Crippen molar-refractivity contribution in [2.45, 2.75) is 38.6 Å². The summed E-state index contributed by atoms with van der Waals surface area (Å²) in [6.07, 6.45) is 7.31. The van der Waals surface area contributed by atoms with Crippen molar-refractivity contribution in [3.05, 3.63) is 22.6 Å². The molecule has 1 fully saturated rings. The maximum atomic E-state index is 8.38. The van der Waals surface area contributed by atoms with Gasteiger partial charge in [0.1, 0.15) is 0 Å². The first-order valence-corrected chi connectivity index (χ1v) is 4.53. The zero-order chi connectivity index (χ0) is 9.03. The Morgan fingerprint density at radius 1 is 1.67 bits per heavy atom. The SMILES string of the molecule is CC/C=C\[C@]1(N=[N+]=[N-])C[C@H]1CC. The standard InChI is InChI=1S/C9H15N3/c1-3-5-6-9(11-12-10)7-8(9)4-2/h5-6,8H,3-4,7H2,1-2H3/b6-5-/t8-,9+/m1/s1. The van der Waals surface area contributed by atoms with Gasteiger partial charge in [0, 0.05) is 4.91 Å². The molecule has 1 aliphatic rings. The highest BCUT2D eigenvalue weighted by molar-refractivity contribution is 5.22. The molecule has 3 heteroatoms. The van der Waals surface area contributed by atoms with E-state index in [0.717, 1.165) is 19.3 Å². The summed E-state index contributed by atoms with van der Waals surface area (Å²) in [5, 5.41) is 3.85. The first-order chi connectivity index (χ1) is 5.79. The Morgan fingerprint density at radius 2 is 2.42 bits per heavy atom. The maximum Gasteiger partial charge on any atom is 0.0699 e. The second-order valence-corrected chi connectivity index (χ2v) is 3.30. The molecular formula is C9H15N3. The molecule has 0 aromatic heterocycles. The van der Waals surface area contributed by atoms with Gasteiger partial charge in [0.05, 0.1) is 5.54 Å². The van der Waals surface area contributed by atoms with E-state index in [-0.39, 0.29) is 5.54 Å². The van der Waals surface area contributed by atoms with E-state index in [1.165, 1.54) is 0 Å². The smallest absolute Gasteiger partial charge is 0.0699 e. The molecule has 0 aromatic carbocycles. The van der Waals surface area contributed by atoms with Crippen molar-refractivity contribution in [2.75, 3.05) is 0 Å². The minimum Gasteiger partial charge on any atom is -0.0881 e. The lowest BCUT2D eigenvalue weighted by Crippen LogP contribution is -2.02. The molecule has 0 spiro atoms. The van der Waals surface area contributed by atoms with Crippen molar-refractivity contribution in [3.8, 4) is 0 Å². The Kier molecular flexibility index (Phi) is 2.77. The molecule has 0 unspecified atom stereocenters. The van der Waals surface area contributed by atoms with Gasteiger partial charge in [-0.15, -0.1) is 0 Å². The highest BCUT2D eigenvalue weighted by atomic mass is 15.2. The third-order valence-electron chi connectivity index (χ3n) is 2.49. The zero-order valence-electron chi connectivity index (χ0n) is 7.70. The van der Waals surface area contributed by atoms with E-state index in [4.69, 9.17) is 5.53 Å². The lowest BCUT2D eigenvalue weighted by Gasteiger charge is -2.01. The number of azide groups is 1. The minimum atomic E-state index is -0.153. The first-order valence-electron chi connectivity index (χ1n) is 4.53.